The molecule has 3 N–H and O–H groups in total. The number of anilines is 1. The van der Waals surface area contributed by atoms with Gasteiger partial charge in [0.2, 0.25) is 0 Å². The van der Waals surface area contributed by atoms with Crippen LogP contribution in [0.1, 0.15) is 10.5 Å². The zero-order valence-electron chi connectivity index (χ0n) is 11.4. The van der Waals surface area contributed by atoms with Crippen molar-refractivity contribution in [2.24, 2.45) is 0 Å². The van der Waals surface area contributed by atoms with E-state index in [1.807, 2.05) is 12.1 Å². The van der Waals surface area contributed by atoms with Crippen molar-refractivity contribution >= 4 is 23.2 Å². The van der Waals surface area contributed by atoms with Crippen LogP contribution in [0.25, 0.3) is 11.3 Å². The quantitative estimate of drug-likeness (QED) is 0.690. The van der Waals surface area contributed by atoms with Crippen LogP contribution in [0, 0.1) is 0 Å². The monoisotopic (exact) mass is 313 g/mol. The predicted octanol–water partition coefficient (Wildman–Crippen LogP) is 3.69. The molecule has 3 aromatic rings. The number of halogens is 1. The zero-order valence-corrected chi connectivity index (χ0v) is 12.1. The van der Waals surface area contributed by atoms with E-state index in [4.69, 9.17) is 11.6 Å². The number of aromatic amines is 1. The highest BCUT2D eigenvalue weighted by molar-refractivity contribution is 6.30. The van der Waals surface area contributed by atoms with Crippen LogP contribution < -0.4 is 5.32 Å². The molecule has 0 aliphatic carbocycles. The summed E-state index contributed by atoms with van der Waals surface area (Å²) < 4.78 is 0. The first kappa shape index (κ1) is 14.2. The van der Waals surface area contributed by atoms with Crippen molar-refractivity contribution in [2.45, 2.75) is 0 Å². The number of nitrogens with zero attached hydrogens (tertiary/aromatic N) is 1. The molecule has 0 bridgehead atoms. The molecule has 1 heterocycles. The molecule has 1 aromatic heterocycles. The number of phenolic OH excluding ortho intramolecular Hbond substituents is 1. The van der Waals surface area contributed by atoms with Crippen LogP contribution in [-0.2, 0) is 0 Å². The summed E-state index contributed by atoms with van der Waals surface area (Å²) in [6.07, 6.45) is 0. The lowest BCUT2D eigenvalue weighted by Crippen LogP contribution is -2.12. The van der Waals surface area contributed by atoms with Gasteiger partial charge in [0.05, 0.1) is 5.69 Å². The van der Waals surface area contributed by atoms with E-state index in [2.05, 4.69) is 15.5 Å². The molecule has 0 spiro atoms. The molecule has 0 fully saturated rings. The second kappa shape index (κ2) is 5.91. The lowest BCUT2D eigenvalue weighted by Gasteiger charge is -2.03. The molecule has 22 heavy (non-hydrogen) atoms. The summed E-state index contributed by atoms with van der Waals surface area (Å²) in [5.41, 5.74) is 2.34. The summed E-state index contributed by atoms with van der Waals surface area (Å²) in [6.45, 7) is 0. The Labute approximate surface area is 131 Å². The number of aromatic hydroxyl groups is 1. The molecule has 6 heteroatoms. The van der Waals surface area contributed by atoms with Crippen LogP contribution in [0.4, 0.5) is 5.69 Å². The number of carbonyl (C=O) groups excluding carboxylic acids is 1. The number of rotatable bonds is 3. The highest BCUT2D eigenvalue weighted by Crippen LogP contribution is 2.21. The van der Waals surface area contributed by atoms with Gasteiger partial charge in [0.25, 0.3) is 5.91 Å². The van der Waals surface area contributed by atoms with E-state index in [0.717, 1.165) is 5.56 Å². The number of amides is 1. The third-order valence-electron chi connectivity index (χ3n) is 3.07. The summed E-state index contributed by atoms with van der Waals surface area (Å²) >= 11 is 5.85. The van der Waals surface area contributed by atoms with Crippen LogP contribution >= 0.6 is 11.6 Å². The average molecular weight is 314 g/mol. The van der Waals surface area contributed by atoms with E-state index in [1.54, 1.807) is 30.3 Å². The molecule has 0 saturated heterocycles. The Hall–Kier alpha value is -2.79. The second-order valence-electron chi connectivity index (χ2n) is 4.68. The Balaban J connectivity index is 1.78. The topological polar surface area (TPSA) is 78.0 Å². The summed E-state index contributed by atoms with van der Waals surface area (Å²) in [5.74, 6) is -0.248. The lowest BCUT2D eigenvalue weighted by molar-refractivity contribution is 0.102. The van der Waals surface area contributed by atoms with Crippen molar-refractivity contribution in [3.8, 4) is 17.0 Å². The van der Waals surface area contributed by atoms with Crippen molar-refractivity contribution < 1.29 is 9.90 Å². The second-order valence-corrected chi connectivity index (χ2v) is 5.11. The first-order chi connectivity index (χ1) is 10.6. The SMILES string of the molecule is O=C(Nc1cccc(O)c1)c1cc(-c2ccc(Cl)cc2)n[nH]1. The van der Waals surface area contributed by atoms with Crippen LogP contribution in [-0.4, -0.2) is 21.2 Å². The van der Waals surface area contributed by atoms with Gasteiger partial charge in [-0.15, -0.1) is 0 Å². The minimum atomic E-state index is -0.335. The van der Waals surface area contributed by atoms with Crippen molar-refractivity contribution in [2.75, 3.05) is 5.32 Å². The van der Waals surface area contributed by atoms with Gasteiger partial charge in [0.15, 0.2) is 0 Å². The number of hydrogen-bond donors (Lipinski definition) is 3. The largest absolute Gasteiger partial charge is 0.508 e. The van der Waals surface area contributed by atoms with Gasteiger partial charge in [-0.3, -0.25) is 9.89 Å². The molecule has 5 nitrogen and oxygen atoms in total. The Kier molecular flexibility index (Phi) is 3.80. The minimum absolute atomic E-state index is 0.0873. The molecule has 110 valence electrons. The molecule has 0 atom stereocenters. The van der Waals surface area contributed by atoms with E-state index in [9.17, 15) is 9.90 Å². The van der Waals surface area contributed by atoms with Gasteiger partial charge in [-0.2, -0.15) is 5.10 Å². The van der Waals surface area contributed by atoms with Crippen molar-refractivity contribution in [1.82, 2.24) is 10.2 Å². The molecule has 1 amide bonds. The van der Waals surface area contributed by atoms with Gasteiger partial charge in [0, 0.05) is 22.3 Å². The number of aromatic nitrogens is 2. The normalized spacial score (nSPS) is 10.4. The van der Waals surface area contributed by atoms with Crippen LogP contribution in [0.3, 0.4) is 0 Å². The molecule has 0 aliphatic rings. The maximum absolute atomic E-state index is 12.1. The third-order valence-corrected chi connectivity index (χ3v) is 3.32. The van der Waals surface area contributed by atoms with Gasteiger partial charge in [-0.25, -0.2) is 0 Å². The molecular weight excluding hydrogens is 302 g/mol. The maximum atomic E-state index is 12.1. The number of hydrogen-bond acceptors (Lipinski definition) is 3. The van der Waals surface area contributed by atoms with E-state index >= 15 is 0 Å². The van der Waals surface area contributed by atoms with Crippen LogP contribution in [0.5, 0.6) is 5.75 Å². The van der Waals surface area contributed by atoms with Crippen molar-refractivity contribution in [3.05, 3.63) is 65.3 Å². The number of benzene rings is 2. The molecule has 0 saturated carbocycles. The Morgan fingerprint density at radius 2 is 1.91 bits per heavy atom. The van der Waals surface area contributed by atoms with Gasteiger partial charge in [-0.1, -0.05) is 29.8 Å². The van der Waals surface area contributed by atoms with Crippen molar-refractivity contribution in [1.29, 1.82) is 0 Å². The number of phenols is 1. The average Bonchev–Trinajstić information content (AvgIpc) is 2.98. The Bertz CT molecular complexity index is 812. The molecule has 3 rings (SSSR count). The van der Waals surface area contributed by atoms with Crippen LogP contribution in [0.15, 0.2) is 54.6 Å². The van der Waals surface area contributed by atoms with E-state index < -0.39 is 0 Å². The van der Waals surface area contributed by atoms with Crippen molar-refractivity contribution in [3.63, 3.8) is 0 Å². The standard InChI is InChI=1S/C16H12ClN3O2/c17-11-6-4-10(5-7-11)14-9-15(20-19-14)16(22)18-12-2-1-3-13(21)8-12/h1-9,21H,(H,18,22)(H,19,20). The maximum Gasteiger partial charge on any atom is 0.273 e. The summed E-state index contributed by atoms with van der Waals surface area (Å²) in [6, 6.07) is 15.2. The van der Waals surface area contributed by atoms with Gasteiger partial charge in [-0.05, 0) is 30.3 Å². The van der Waals surface area contributed by atoms with Gasteiger partial charge < -0.3 is 10.4 Å². The van der Waals surface area contributed by atoms with Crippen LogP contribution in [0.2, 0.25) is 5.02 Å². The van der Waals surface area contributed by atoms with E-state index in [-0.39, 0.29) is 11.7 Å². The van der Waals surface area contributed by atoms with E-state index in [1.165, 1.54) is 12.1 Å². The van der Waals surface area contributed by atoms with Gasteiger partial charge in [0.1, 0.15) is 11.4 Å². The Morgan fingerprint density at radius 3 is 2.64 bits per heavy atom. The summed E-state index contributed by atoms with van der Waals surface area (Å²) in [5, 5.41) is 19.5. The fourth-order valence-electron chi connectivity index (χ4n) is 1.99. The number of carbonyl (C=O) groups is 1. The minimum Gasteiger partial charge on any atom is -0.508 e. The molecular formula is C16H12ClN3O2. The highest BCUT2D eigenvalue weighted by Gasteiger charge is 2.11. The lowest BCUT2D eigenvalue weighted by atomic mass is 10.1. The smallest absolute Gasteiger partial charge is 0.273 e. The molecule has 2 aromatic carbocycles. The third kappa shape index (κ3) is 3.10. The molecule has 0 unspecified atom stereocenters. The first-order valence-corrected chi connectivity index (χ1v) is 6.91. The summed E-state index contributed by atoms with van der Waals surface area (Å²) in [7, 11) is 0. The van der Waals surface area contributed by atoms with E-state index in [0.29, 0.717) is 22.1 Å². The Morgan fingerprint density at radius 1 is 1.14 bits per heavy atom. The predicted molar refractivity (Wildman–Crippen MR) is 85.1 cm³/mol. The zero-order chi connectivity index (χ0) is 15.5. The molecule has 0 aliphatic heterocycles. The number of H-pyrrole nitrogens is 1. The first-order valence-electron chi connectivity index (χ1n) is 6.53. The number of nitrogens with one attached hydrogen (secondary N) is 2. The highest BCUT2D eigenvalue weighted by atomic mass is 35.5. The fourth-order valence-corrected chi connectivity index (χ4v) is 2.11. The molecule has 0 radical (unpaired) electrons. The summed E-state index contributed by atoms with van der Waals surface area (Å²) in [4.78, 5) is 12.1. The van der Waals surface area contributed by atoms with Gasteiger partial charge >= 0.3 is 0 Å². The fraction of sp³-hybridized carbons (Fsp3) is 0.